The average molecular weight is 507 g/mol. The number of hydrogen-bond donors (Lipinski definition) is 3. The van der Waals surface area contributed by atoms with Gasteiger partial charge >= 0.3 is 12.2 Å². The van der Waals surface area contributed by atoms with Crippen molar-refractivity contribution in [2.45, 2.75) is 25.1 Å². The third kappa shape index (κ3) is 6.24. The van der Waals surface area contributed by atoms with Crippen molar-refractivity contribution in [3.63, 3.8) is 0 Å². The van der Waals surface area contributed by atoms with Gasteiger partial charge in [-0.1, -0.05) is 0 Å². The normalized spacial score (nSPS) is 19.3. The zero-order valence-corrected chi connectivity index (χ0v) is 19.7. The van der Waals surface area contributed by atoms with Gasteiger partial charge in [0.25, 0.3) is 0 Å². The summed E-state index contributed by atoms with van der Waals surface area (Å²) in [5.74, 6) is 0.549. The van der Waals surface area contributed by atoms with E-state index in [9.17, 15) is 22.8 Å². The van der Waals surface area contributed by atoms with Crippen LogP contribution in [0, 0.1) is 0 Å². The van der Waals surface area contributed by atoms with Crippen LogP contribution in [0.5, 0.6) is 0 Å². The summed E-state index contributed by atoms with van der Waals surface area (Å²) in [5, 5.41) is 14.2. The molecule has 1 aromatic heterocycles. The number of rotatable bonds is 6. The van der Waals surface area contributed by atoms with E-state index in [1.807, 2.05) is 12.1 Å². The van der Waals surface area contributed by atoms with E-state index in [0.29, 0.717) is 31.6 Å². The van der Waals surface area contributed by atoms with Gasteiger partial charge in [-0.15, -0.1) is 0 Å². The van der Waals surface area contributed by atoms with Gasteiger partial charge in [-0.25, -0.2) is 9.78 Å². The molecule has 2 aliphatic heterocycles. The highest BCUT2D eigenvalue weighted by atomic mass is 19.4. The minimum Gasteiger partial charge on any atom is -0.395 e. The summed E-state index contributed by atoms with van der Waals surface area (Å²) in [6.07, 6.45) is -1.68. The SMILES string of the molecule is O=C(Nc1ccc(C(F)(F)F)cc1)N[C@@H]1CCCN(c2ccc(N3CCN(CCO)CC3)nc2)C1=O. The van der Waals surface area contributed by atoms with Gasteiger partial charge in [0.2, 0.25) is 5.91 Å². The molecule has 12 heteroatoms. The third-order valence-electron chi connectivity index (χ3n) is 6.37. The Kier molecular flexibility index (Phi) is 7.94. The fraction of sp³-hybridized carbons (Fsp3) is 0.458. The minimum absolute atomic E-state index is 0.142. The Balaban J connectivity index is 1.32. The number of piperidine rings is 1. The Morgan fingerprint density at radius 3 is 2.39 bits per heavy atom. The lowest BCUT2D eigenvalue weighted by Gasteiger charge is -2.35. The van der Waals surface area contributed by atoms with Crippen molar-refractivity contribution in [1.29, 1.82) is 0 Å². The van der Waals surface area contributed by atoms with E-state index in [0.717, 1.165) is 56.3 Å². The van der Waals surface area contributed by atoms with Crippen LogP contribution in [0.1, 0.15) is 18.4 Å². The number of aliphatic hydroxyl groups is 1. The van der Waals surface area contributed by atoms with E-state index in [1.54, 1.807) is 11.1 Å². The van der Waals surface area contributed by atoms with Crippen molar-refractivity contribution in [1.82, 2.24) is 15.2 Å². The molecule has 1 aromatic carbocycles. The molecule has 0 radical (unpaired) electrons. The smallest absolute Gasteiger partial charge is 0.395 e. The van der Waals surface area contributed by atoms with Crippen LogP contribution < -0.4 is 20.4 Å². The molecule has 194 valence electrons. The molecule has 2 aliphatic rings. The first kappa shape index (κ1) is 25.7. The number of aromatic nitrogens is 1. The van der Waals surface area contributed by atoms with Gasteiger partial charge in [0.1, 0.15) is 11.9 Å². The number of piperazine rings is 1. The monoisotopic (exact) mass is 506 g/mol. The van der Waals surface area contributed by atoms with Crippen LogP contribution in [-0.4, -0.2) is 78.8 Å². The molecule has 9 nitrogen and oxygen atoms in total. The molecule has 3 N–H and O–H groups in total. The number of hydrogen-bond acceptors (Lipinski definition) is 6. The van der Waals surface area contributed by atoms with Gasteiger partial charge in [0.05, 0.1) is 24.1 Å². The van der Waals surface area contributed by atoms with Crippen LogP contribution in [0.3, 0.4) is 0 Å². The predicted octanol–water partition coefficient (Wildman–Crippen LogP) is 2.53. The lowest BCUT2D eigenvalue weighted by Crippen LogP contribution is -2.53. The minimum atomic E-state index is -4.46. The number of β-amino-alcohol motifs (C(OH)–C–C–N with tert-alkyl or cyclic N) is 1. The van der Waals surface area contributed by atoms with Gasteiger partial charge in [-0.2, -0.15) is 13.2 Å². The lowest BCUT2D eigenvalue weighted by molar-refractivity contribution is -0.137. The Morgan fingerprint density at radius 2 is 1.78 bits per heavy atom. The van der Waals surface area contributed by atoms with E-state index in [-0.39, 0.29) is 18.2 Å². The number of urea groups is 1. The zero-order chi connectivity index (χ0) is 25.7. The number of nitrogens with zero attached hydrogens (tertiary/aromatic N) is 4. The number of amides is 3. The summed E-state index contributed by atoms with van der Waals surface area (Å²) < 4.78 is 38.1. The molecule has 0 saturated carbocycles. The molecule has 0 spiro atoms. The summed E-state index contributed by atoms with van der Waals surface area (Å²) in [6.45, 7) is 4.59. The fourth-order valence-electron chi connectivity index (χ4n) is 4.40. The van der Waals surface area contributed by atoms with E-state index in [2.05, 4.69) is 25.4 Å². The van der Waals surface area contributed by atoms with Gasteiger partial charge in [0, 0.05) is 45.0 Å². The highest BCUT2D eigenvalue weighted by Crippen LogP contribution is 2.30. The van der Waals surface area contributed by atoms with E-state index in [4.69, 9.17) is 5.11 Å². The van der Waals surface area contributed by atoms with Crippen LogP contribution in [0.15, 0.2) is 42.6 Å². The van der Waals surface area contributed by atoms with Crippen molar-refractivity contribution < 1.29 is 27.9 Å². The molecule has 36 heavy (non-hydrogen) atoms. The fourth-order valence-corrected chi connectivity index (χ4v) is 4.40. The standard InChI is InChI=1S/C24H29F3N6O3/c25-24(26,27)17-3-5-18(6-4-17)29-23(36)30-20-2-1-9-33(22(20)35)19-7-8-21(28-16-19)32-12-10-31(11-13-32)14-15-34/h3-8,16,20,34H,1-2,9-15H2,(H2,29,30,36)/t20-/m1/s1. The molecule has 0 unspecified atom stereocenters. The zero-order valence-electron chi connectivity index (χ0n) is 19.7. The molecule has 2 saturated heterocycles. The maximum Gasteiger partial charge on any atom is 0.416 e. The Bertz CT molecular complexity index is 1040. The van der Waals surface area contributed by atoms with Crippen LogP contribution in [0.25, 0.3) is 0 Å². The maximum atomic E-state index is 13.0. The van der Waals surface area contributed by atoms with Crippen LogP contribution in [-0.2, 0) is 11.0 Å². The summed E-state index contributed by atoms with van der Waals surface area (Å²) in [6, 6.07) is 6.39. The molecule has 4 rings (SSSR count). The quantitative estimate of drug-likeness (QED) is 0.557. The summed E-state index contributed by atoms with van der Waals surface area (Å²) in [4.78, 5) is 35.9. The molecular formula is C24H29F3N6O3. The van der Waals surface area contributed by atoms with Gasteiger partial charge in [-0.05, 0) is 49.2 Å². The molecule has 2 aromatic rings. The Labute approximate surface area is 206 Å². The van der Waals surface area contributed by atoms with Gasteiger partial charge in [-0.3, -0.25) is 9.69 Å². The number of carbonyl (C=O) groups excluding carboxylic acids is 2. The largest absolute Gasteiger partial charge is 0.416 e. The number of carbonyl (C=O) groups is 2. The van der Waals surface area contributed by atoms with Gasteiger partial charge < -0.3 is 25.5 Å². The highest BCUT2D eigenvalue weighted by molar-refractivity contribution is 6.01. The Morgan fingerprint density at radius 1 is 1.06 bits per heavy atom. The first-order valence-corrected chi connectivity index (χ1v) is 11.8. The highest BCUT2D eigenvalue weighted by Gasteiger charge is 2.32. The number of halogens is 3. The molecule has 3 heterocycles. The summed E-state index contributed by atoms with van der Waals surface area (Å²) in [5.41, 5.74) is 0.0186. The second-order valence-corrected chi connectivity index (χ2v) is 8.79. The van der Waals surface area contributed by atoms with Gasteiger partial charge in [0.15, 0.2) is 0 Å². The molecule has 1 atom stereocenters. The third-order valence-corrected chi connectivity index (χ3v) is 6.37. The second-order valence-electron chi connectivity index (χ2n) is 8.79. The second kappa shape index (κ2) is 11.1. The predicted molar refractivity (Wildman–Crippen MR) is 129 cm³/mol. The summed E-state index contributed by atoms with van der Waals surface area (Å²) >= 11 is 0. The lowest BCUT2D eigenvalue weighted by atomic mass is 10.0. The molecule has 0 bridgehead atoms. The van der Waals surface area contributed by atoms with E-state index in [1.165, 1.54) is 0 Å². The maximum absolute atomic E-state index is 13.0. The molecular weight excluding hydrogens is 477 g/mol. The molecule has 3 amide bonds. The van der Waals surface area contributed by atoms with Crippen molar-refractivity contribution in [2.24, 2.45) is 0 Å². The first-order chi connectivity index (χ1) is 17.2. The van der Waals surface area contributed by atoms with Crippen molar-refractivity contribution in [2.75, 3.05) is 61.0 Å². The van der Waals surface area contributed by atoms with Crippen LogP contribution >= 0.6 is 0 Å². The van der Waals surface area contributed by atoms with Crippen molar-refractivity contribution >= 4 is 29.1 Å². The molecule has 2 fully saturated rings. The summed E-state index contributed by atoms with van der Waals surface area (Å²) in [7, 11) is 0. The Hall–Kier alpha value is -3.38. The van der Waals surface area contributed by atoms with Crippen molar-refractivity contribution in [3.8, 4) is 0 Å². The first-order valence-electron chi connectivity index (χ1n) is 11.8. The van der Waals surface area contributed by atoms with Crippen LogP contribution in [0.2, 0.25) is 0 Å². The number of nitrogens with one attached hydrogen (secondary N) is 2. The number of aliphatic hydroxyl groups excluding tert-OH is 1. The number of alkyl halides is 3. The average Bonchev–Trinajstić information content (AvgIpc) is 2.86. The van der Waals surface area contributed by atoms with E-state index < -0.39 is 23.8 Å². The number of pyridine rings is 1. The molecule has 0 aliphatic carbocycles. The van der Waals surface area contributed by atoms with Crippen LogP contribution in [0.4, 0.5) is 35.2 Å². The topological polar surface area (TPSA) is 101 Å². The number of anilines is 3. The van der Waals surface area contributed by atoms with E-state index >= 15 is 0 Å². The number of benzene rings is 1. The van der Waals surface area contributed by atoms with Crippen molar-refractivity contribution in [3.05, 3.63) is 48.2 Å².